The van der Waals surface area contributed by atoms with Gasteiger partial charge in [-0.1, -0.05) is 49.2 Å². The molecule has 144 valence electrons. The van der Waals surface area contributed by atoms with E-state index in [1.54, 1.807) is 6.07 Å². The number of fused-ring (bicyclic) bond motifs is 3. The molecule has 0 aliphatic heterocycles. The van der Waals surface area contributed by atoms with Crippen LogP contribution >= 0.6 is 0 Å². The van der Waals surface area contributed by atoms with E-state index in [9.17, 15) is 10.2 Å². The van der Waals surface area contributed by atoms with Crippen molar-refractivity contribution in [2.45, 2.75) is 56.8 Å². The van der Waals surface area contributed by atoms with Crippen LogP contribution in [-0.4, -0.2) is 23.3 Å². The normalized spacial score (nSPS) is 24.2. The highest BCUT2D eigenvalue weighted by Gasteiger charge is 2.45. The molecule has 0 bridgehead atoms. The molecule has 0 amide bonds. The Balaban J connectivity index is 1.46. The Labute approximate surface area is 162 Å². The third kappa shape index (κ3) is 3.58. The van der Waals surface area contributed by atoms with Gasteiger partial charge in [-0.2, -0.15) is 0 Å². The van der Waals surface area contributed by atoms with Crippen LogP contribution in [0.2, 0.25) is 0 Å². The number of aromatic hydroxyl groups is 2. The molecule has 2 aliphatic rings. The predicted octanol–water partition coefficient (Wildman–Crippen LogP) is 4.69. The average Bonchev–Trinajstić information content (AvgIpc) is 2.71. The van der Waals surface area contributed by atoms with Crippen molar-refractivity contribution in [1.82, 2.24) is 5.32 Å². The standard InChI is InChI=1S/C24H31NO2/c26-22-12-11-21-20(23(22)27)10-9-19-8-4-5-14-24(19,21)15-17-25-16-13-18-6-2-1-3-7-18/h1-3,6-7,11-12,19,25-27H,4-5,8-10,13-17H2. The van der Waals surface area contributed by atoms with Crippen LogP contribution in [0.3, 0.4) is 0 Å². The first kappa shape index (κ1) is 18.4. The van der Waals surface area contributed by atoms with Crippen LogP contribution in [0, 0.1) is 5.92 Å². The molecule has 27 heavy (non-hydrogen) atoms. The van der Waals surface area contributed by atoms with Gasteiger partial charge in [-0.25, -0.2) is 0 Å². The van der Waals surface area contributed by atoms with Gasteiger partial charge in [0.05, 0.1) is 0 Å². The van der Waals surface area contributed by atoms with Gasteiger partial charge in [-0.05, 0) is 80.1 Å². The van der Waals surface area contributed by atoms with Gasteiger partial charge in [-0.15, -0.1) is 0 Å². The molecule has 1 fully saturated rings. The first-order chi connectivity index (χ1) is 13.2. The predicted molar refractivity (Wildman–Crippen MR) is 109 cm³/mol. The fraction of sp³-hybridized carbons (Fsp3) is 0.500. The summed E-state index contributed by atoms with van der Waals surface area (Å²) in [4.78, 5) is 0. The topological polar surface area (TPSA) is 52.5 Å². The Bertz CT molecular complexity index is 773. The summed E-state index contributed by atoms with van der Waals surface area (Å²) >= 11 is 0. The maximum atomic E-state index is 10.4. The smallest absolute Gasteiger partial charge is 0.160 e. The van der Waals surface area contributed by atoms with Crippen LogP contribution in [0.15, 0.2) is 42.5 Å². The summed E-state index contributed by atoms with van der Waals surface area (Å²) in [6.45, 7) is 2.00. The number of rotatable bonds is 6. The summed E-state index contributed by atoms with van der Waals surface area (Å²) in [5, 5.41) is 24.0. The quantitative estimate of drug-likeness (QED) is 0.514. The summed E-state index contributed by atoms with van der Waals surface area (Å²) in [7, 11) is 0. The maximum Gasteiger partial charge on any atom is 0.160 e. The molecule has 2 unspecified atom stereocenters. The molecule has 2 atom stereocenters. The number of hydrogen-bond donors (Lipinski definition) is 3. The molecule has 0 radical (unpaired) electrons. The number of phenolic OH excluding ortho intramolecular Hbond substituents is 2. The summed E-state index contributed by atoms with van der Waals surface area (Å²) in [5.74, 6) is 0.852. The third-order valence-corrected chi connectivity index (χ3v) is 6.93. The van der Waals surface area contributed by atoms with E-state index >= 15 is 0 Å². The Morgan fingerprint density at radius 1 is 0.963 bits per heavy atom. The molecule has 4 rings (SSSR count). The van der Waals surface area contributed by atoms with Crippen molar-refractivity contribution < 1.29 is 10.2 Å². The molecule has 2 aliphatic carbocycles. The van der Waals surface area contributed by atoms with Crippen LogP contribution in [0.1, 0.15) is 55.2 Å². The van der Waals surface area contributed by atoms with E-state index in [1.165, 1.54) is 36.8 Å². The molecule has 1 saturated carbocycles. The molecule has 0 aromatic heterocycles. The second-order valence-electron chi connectivity index (χ2n) is 8.33. The SMILES string of the molecule is Oc1ccc2c(c1O)CCC1CCCCC21CCNCCc1ccccc1. The fourth-order valence-corrected chi connectivity index (χ4v) is 5.53. The van der Waals surface area contributed by atoms with Gasteiger partial charge >= 0.3 is 0 Å². The van der Waals surface area contributed by atoms with Crippen LogP contribution in [0.25, 0.3) is 0 Å². The van der Waals surface area contributed by atoms with E-state index in [1.807, 2.05) is 0 Å². The van der Waals surface area contributed by atoms with E-state index in [2.05, 4.69) is 41.7 Å². The van der Waals surface area contributed by atoms with Crippen molar-refractivity contribution in [3.05, 3.63) is 59.2 Å². The maximum absolute atomic E-state index is 10.4. The Hall–Kier alpha value is -2.00. The average molecular weight is 366 g/mol. The van der Waals surface area contributed by atoms with Gasteiger partial charge in [0.25, 0.3) is 0 Å². The van der Waals surface area contributed by atoms with E-state index < -0.39 is 0 Å². The molecule has 0 saturated heterocycles. The highest BCUT2D eigenvalue weighted by atomic mass is 16.3. The molecular formula is C24H31NO2. The lowest BCUT2D eigenvalue weighted by molar-refractivity contribution is 0.145. The highest BCUT2D eigenvalue weighted by Crippen LogP contribution is 2.54. The fourth-order valence-electron chi connectivity index (χ4n) is 5.53. The van der Waals surface area contributed by atoms with E-state index in [0.29, 0.717) is 5.92 Å². The Morgan fingerprint density at radius 2 is 1.81 bits per heavy atom. The van der Waals surface area contributed by atoms with Crippen molar-refractivity contribution >= 4 is 0 Å². The zero-order chi connectivity index (χ0) is 18.7. The van der Waals surface area contributed by atoms with Crippen LogP contribution in [0.4, 0.5) is 0 Å². The lowest BCUT2D eigenvalue weighted by atomic mass is 9.55. The van der Waals surface area contributed by atoms with Crippen LogP contribution in [-0.2, 0) is 18.3 Å². The number of nitrogens with one attached hydrogen (secondary N) is 1. The van der Waals surface area contributed by atoms with Crippen molar-refractivity contribution in [2.75, 3.05) is 13.1 Å². The second-order valence-corrected chi connectivity index (χ2v) is 8.33. The second kappa shape index (κ2) is 7.93. The highest BCUT2D eigenvalue weighted by molar-refractivity contribution is 5.53. The zero-order valence-corrected chi connectivity index (χ0v) is 16.1. The first-order valence-electron chi connectivity index (χ1n) is 10.5. The number of benzene rings is 2. The molecular weight excluding hydrogens is 334 g/mol. The van der Waals surface area contributed by atoms with Crippen molar-refractivity contribution in [2.24, 2.45) is 5.92 Å². The Kier molecular flexibility index (Phi) is 5.40. The van der Waals surface area contributed by atoms with Crippen molar-refractivity contribution in [1.29, 1.82) is 0 Å². The van der Waals surface area contributed by atoms with Gasteiger partial charge in [0.15, 0.2) is 11.5 Å². The minimum Gasteiger partial charge on any atom is -0.504 e. The lowest BCUT2D eigenvalue weighted by Gasteiger charge is -2.49. The van der Waals surface area contributed by atoms with Gasteiger partial charge in [0.2, 0.25) is 0 Å². The van der Waals surface area contributed by atoms with Crippen LogP contribution < -0.4 is 5.32 Å². The molecule has 0 spiro atoms. The monoisotopic (exact) mass is 365 g/mol. The third-order valence-electron chi connectivity index (χ3n) is 6.93. The molecule has 3 N–H and O–H groups in total. The van der Waals surface area contributed by atoms with Gasteiger partial charge < -0.3 is 15.5 Å². The summed E-state index contributed by atoms with van der Waals surface area (Å²) in [5.41, 5.74) is 3.84. The summed E-state index contributed by atoms with van der Waals surface area (Å²) in [6, 6.07) is 14.4. The van der Waals surface area contributed by atoms with E-state index in [0.717, 1.165) is 44.3 Å². The molecule has 0 heterocycles. The zero-order valence-electron chi connectivity index (χ0n) is 16.1. The van der Waals surface area contributed by atoms with Gasteiger partial charge in [0, 0.05) is 5.56 Å². The Morgan fingerprint density at radius 3 is 2.67 bits per heavy atom. The molecule has 3 heteroatoms. The molecule has 3 nitrogen and oxygen atoms in total. The van der Waals surface area contributed by atoms with E-state index in [4.69, 9.17) is 0 Å². The van der Waals surface area contributed by atoms with Gasteiger partial charge in [-0.3, -0.25) is 0 Å². The molecule has 2 aromatic carbocycles. The van der Waals surface area contributed by atoms with Crippen molar-refractivity contribution in [3.63, 3.8) is 0 Å². The minimum atomic E-state index is 0.0270. The van der Waals surface area contributed by atoms with Crippen molar-refractivity contribution in [3.8, 4) is 11.5 Å². The first-order valence-corrected chi connectivity index (χ1v) is 10.5. The van der Waals surface area contributed by atoms with Crippen LogP contribution in [0.5, 0.6) is 11.5 Å². The number of phenols is 2. The molecule has 2 aromatic rings. The lowest BCUT2D eigenvalue weighted by Crippen LogP contribution is -2.44. The number of hydrogen-bond acceptors (Lipinski definition) is 3. The largest absolute Gasteiger partial charge is 0.504 e. The van der Waals surface area contributed by atoms with E-state index in [-0.39, 0.29) is 16.9 Å². The summed E-state index contributed by atoms with van der Waals surface area (Å²) in [6.07, 6.45) is 9.29. The van der Waals surface area contributed by atoms with Gasteiger partial charge in [0.1, 0.15) is 0 Å². The summed E-state index contributed by atoms with van der Waals surface area (Å²) < 4.78 is 0. The minimum absolute atomic E-state index is 0.0270.